The Morgan fingerprint density at radius 3 is 2.88 bits per heavy atom. The number of carbonyl (C=O) groups excluding carboxylic acids is 2. The highest BCUT2D eigenvalue weighted by Crippen LogP contribution is 2.31. The van der Waals surface area contributed by atoms with Gasteiger partial charge in [-0.2, -0.15) is 0 Å². The van der Waals surface area contributed by atoms with Gasteiger partial charge in [-0.25, -0.2) is 0 Å². The highest BCUT2D eigenvalue weighted by atomic mass is 16.5. The molecule has 6 heteroatoms. The predicted molar refractivity (Wildman–Crippen MR) is 96.1 cm³/mol. The molecule has 2 amide bonds. The van der Waals surface area contributed by atoms with Gasteiger partial charge in [-0.05, 0) is 36.8 Å². The Bertz CT molecular complexity index is 857. The van der Waals surface area contributed by atoms with Gasteiger partial charge >= 0.3 is 0 Å². The molecule has 0 bridgehead atoms. The van der Waals surface area contributed by atoms with E-state index in [0.717, 1.165) is 36.1 Å². The third-order valence-electron chi connectivity index (χ3n) is 5.49. The number of aromatic nitrogens is 1. The normalized spacial score (nSPS) is 22.4. The minimum absolute atomic E-state index is 0.0471. The topological polar surface area (TPSA) is 75.4 Å². The van der Waals surface area contributed by atoms with E-state index in [1.165, 1.54) is 0 Å². The van der Waals surface area contributed by atoms with E-state index in [9.17, 15) is 9.59 Å². The quantitative estimate of drug-likeness (QED) is 0.901. The highest BCUT2D eigenvalue weighted by Gasteiger charge is 2.43. The van der Waals surface area contributed by atoms with E-state index in [0.29, 0.717) is 13.1 Å². The summed E-state index contributed by atoms with van der Waals surface area (Å²) in [6.07, 6.45) is 2.41. The molecule has 1 spiro atoms. The lowest BCUT2D eigenvalue weighted by Crippen LogP contribution is -2.50. The van der Waals surface area contributed by atoms with Crippen LogP contribution in [0.1, 0.15) is 64.8 Å². The minimum Gasteiger partial charge on any atom is -0.351 e. The number of likely N-dealkylation sites (tertiary alicyclic amines) is 1. The number of hydrogen-bond acceptors (Lipinski definition) is 4. The van der Waals surface area contributed by atoms with E-state index >= 15 is 0 Å². The molecule has 1 atom stereocenters. The molecule has 1 N–H and O–H groups in total. The van der Waals surface area contributed by atoms with Crippen LogP contribution < -0.4 is 5.32 Å². The Kier molecular flexibility index (Phi) is 4.05. The molecule has 2 aromatic rings. The van der Waals surface area contributed by atoms with Crippen LogP contribution in [0, 0.1) is 0 Å². The molecule has 4 rings (SSSR count). The summed E-state index contributed by atoms with van der Waals surface area (Å²) in [7, 11) is 0. The van der Waals surface area contributed by atoms with Gasteiger partial charge in [0.05, 0.1) is 11.2 Å². The van der Waals surface area contributed by atoms with Crippen molar-refractivity contribution in [3.05, 3.63) is 52.9 Å². The fraction of sp³-hybridized carbons (Fsp3) is 0.450. The second kappa shape index (κ2) is 6.27. The van der Waals surface area contributed by atoms with Crippen molar-refractivity contribution in [2.24, 2.45) is 0 Å². The number of carbonyl (C=O) groups is 2. The molecular weight excluding hydrogens is 330 g/mol. The van der Waals surface area contributed by atoms with Gasteiger partial charge in [0.2, 0.25) is 5.76 Å². The molecule has 136 valence electrons. The van der Waals surface area contributed by atoms with Gasteiger partial charge in [-0.15, -0.1) is 0 Å². The molecule has 0 radical (unpaired) electrons. The zero-order valence-corrected chi connectivity index (χ0v) is 15.1. The SMILES string of the molecule is CC(C)c1cc(C(=O)N2CCC3(CCc4ccccc4C(=O)N3)C2)on1. The molecule has 0 saturated carbocycles. The zero-order valence-electron chi connectivity index (χ0n) is 15.1. The Balaban J connectivity index is 1.51. The first kappa shape index (κ1) is 16.8. The maximum atomic E-state index is 12.8. The smallest absolute Gasteiger partial charge is 0.292 e. The van der Waals surface area contributed by atoms with Crippen LogP contribution in [0.5, 0.6) is 0 Å². The van der Waals surface area contributed by atoms with E-state index in [1.54, 1.807) is 11.0 Å². The second-order valence-electron chi connectivity index (χ2n) is 7.64. The Labute approximate surface area is 152 Å². The van der Waals surface area contributed by atoms with Crippen molar-refractivity contribution in [1.29, 1.82) is 0 Å². The number of benzene rings is 1. The molecule has 2 aliphatic rings. The number of nitrogens with zero attached hydrogens (tertiary/aromatic N) is 2. The molecule has 1 fully saturated rings. The minimum atomic E-state index is -0.368. The number of amides is 2. The van der Waals surface area contributed by atoms with Crippen molar-refractivity contribution in [1.82, 2.24) is 15.4 Å². The van der Waals surface area contributed by atoms with E-state index in [1.807, 2.05) is 38.1 Å². The lowest BCUT2D eigenvalue weighted by atomic mass is 9.91. The Morgan fingerprint density at radius 1 is 1.31 bits per heavy atom. The molecular formula is C20H23N3O3. The molecule has 1 aromatic heterocycles. The van der Waals surface area contributed by atoms with Crippen molar-refractivity contribution in [3.8, 4) is 0 Å². The van der Waals surface area contributed by atoms with Crippen molar-refractivity contribution >= 4 is 11.8 Å². The molecule has 1 saturated heterocycles. The van der Waals surface area contributed by atoms with Crippen molar-refractivity contribution in [3.63, 3.8) is 0 Å². The van der Waals surface area contributed by atoms with Crippen LogP contribution in [0.25, 0.3) is 0 Å². The van der Waals surface area contributed by atoms with Crippen LogP contribution in [-0.4, -0.2) is 40.5 Å². The van der Waals surface area contributed by atoms with Crippen LogP contribution in [0.3, 0.4) is 0 Å². The van der Waals surface area contributed by atoms with Gasteiger partial charge in [0.25, 0.3) is 11.8 Å². The van der Waals surface area contributed by atoms with Crippen molar-refractivity contribution < 1.29 is 14.1 Å². The first-order valence-corrected chi connectivity index (χ1v) is 9.14. The lowest BCUT2D eigenvalue weighted by Gasteiger charge is -2.28. The zero-order chi connectivity index (χ0) is 18.3. The molecule has 1 unspecified atom stereocenters. The predicted octanol–water partition coefficient (Wildman–Crippen LogP) is 2.76. The highest BCUT2D eigenvalue weighted by molar-refractivity contribution is 5.97. The third-order valence-corrected chi connectivity index (χ3v) is 5.49. The van der Waals surface area contributed by atoms with Gasteiger partial charge in [0.1, 0.15) is 0 Å². The molecule has 3 heterocycles. The van der Waals surface area contributed by atoms with Crippen LogP contribution in [0.4, 0.5) is 0 Å². The molecule has 26 heavy (non-hydrogen) atoms. The van der Waals surface area contributed by atoms with Crippen molar-refractivity contribution in [2.75, 3.05) is 13.1 Å². The summed E-state index contributed by atoms with van der Waals surface area (Å²) in [5.41, 5.74) is 2.22. The molecule has 0 aliphatic carbocycles. The number of fused-ring (bicyclic) bond motifs is 1. The summed E-state index contributed by atoms with van der Waals surface area (Å²) >= 11 is 0. The molecule has 6 nitrogen and oxygen atoms in total. The summed E-state index contributed by atoms with van der Waals surface area (Å²) in [5, 5.41) is 7.17. The first-order valence-electron chi connectivity index (χ1n) is 9.14. The summed E-state index contributed by atoms with van der Waals surface area (Å²) in [5.74, 6) is 0.283. The standard InChI is InChI=1S/C20H23N3O3/c1-13(2)16-11-17(26-22-16)19(25)23-10-9-20(12-23)8-7-14-5-3-4-6-15(14)18(24)21-20/h3-6,11,13H,7-10,12H2,1-2H3,(H,21,24). The largest absolute Gasteiger partial charge is 0.351 e. The van der Waals surface area contributed by atoms with E-state index in [4.69, 9.17) is 4.52 Å². The molecule has 1 aromatic carbocycles. The average molecular weight is 353 g/mol. The van der Waals surface area contributed by atoms with Crippen LogP contribution in [-0.2, 0) is 6.42 Å². The first-order chi connectivity index (χ1) is 12.5. The van der Waals surface area contributed by atoms with Gasteiger partial charge in [0.15, 0.2) is 0 Å². The van der Waals surface area contributed by atoms with Crippen LogP contribution >= 0.6 is 0 Å². The van der Waals surface area contributed by atoms with Crippen LogP contribution in [0.15, 0.2) is 34.9 Å². The second-order valence-corrected chi connectivity index (χ2v) is 7.64. The summed E-state index contributed by atoms with van der Waals surface area (Å²) in [6.45, 7) is 5.13. The number of rotatable bonds is 2. The van der Waals surface area contributed by atoms with E-state index in [2.05, 4.69) is 10.5 Å². The van der Waals surface area contributed by atoms with Gasteiger partial charge in [0, 0.05) is 24.7 Å². The van der Waals surface area contributed by atoms with E-state index < -0.39 is 0 Å². The Hall–Kier alpha value is -2.63. The number of hydrogen-bond donors (Lipinski definition) is 1. The summed E-state index contributed by atoms with van der Waals surface area (Å²) in [6, 6.07) is 9.44. The third kappa shape index (κ3) is 2.89. The fourth-order valence-electron chi connectivity index (χ4n) is 3.87. The monoisotopic (exact) mass is 353 g/mol. The average Bonchev–Trinajstić information content (AvgIpc) is 3.25. The van der Waals surface area contributed by atoms with Crippen LogP contribution in [0.2, 0.25) is 0 Å². The maximum Gasteiger partial charge on any atom is 0.292 e. The maximum absolute atomic E-state index is 12.8. The molecule has 2 aliphatic heterocycles. The number of nitrogens with one attached hydrogen (secondary N) is 1. The van der Waals surface area contributed by atoms with Gasteiger partial charge < -0.3 is 14.7 Å². The fourth-order valence-corrected chi connectivity index (χ4v) is 3.87. The van der Waals surface area contributed by atoms with Crippen molar-refractivity contribution in [2.45, 2.75) is 44.6 Å². The van der Waals surface area contributed by atoms with Gasteiger partial charge in [-0.1, -0.05) is 37.2 Å². The Morgan fingerprint density at radius 2 is 2.12 bits per heavy atom. The van der Waals surface area contributed by atoms with Gasteiger partial charge in [-0.3, -0.25) is 9.59 Å². The summed E-state index contributed by atoms with van der Waals surface area (Å²) in [4.78, 5) is 27.2. The summed E-state index contributed by atoms with van der Waals surface area (Å²) < 4.78 is 5.24. The number of aryl methyl sites for hydroxylation is 1. The van der Waals surface area contributed by atoms with E-state index in [-0.39, 0.29) is 29.0 Å². The lowest BCUT2D eigenvalue weighted by molar-refractivity contribution is 0.0726.